The van der Waals surface area contributed by atoms with Crippen molar-refractivity contribution in [2.45, 2.75) is 33.1 Å². The second kappa shape index (κ2) is 5.26. The Bertz CT molecular complexity index is 446. The highest BCUT2D eigenvalue weighted by molar-refractivity contribution is 7.07. The molecule has 0 amide bonds. The highest BCUT2D eigenvalue weighted by Gasteiger charge is 2.03. The van der Waals surface area contributed by atoms with Crippen molar-refractivity contribution < 1.29 is 0 Å². The van der Waals surface area contributed by atoms with Crippen LogP contribution in [-0.4, -0.2) is 4.98 Å². The Morgan fingerprint density at radius 3 is 2.81 bits per heavy atom. The van der Waals surface area contributed by atoms with E-state index in [2.05, 4.69) is 42.4 Å². The Hall–Kier alpha value is -1.15. The maximum absolute atomic E-state index is 4.34. The number of aromatic nitrogens is 1. The van der Waals surface area contributed by atoms with Crippen LogP contribution in [0.15, 0.2) is 29.1 Å². The lowest BCUT2D eigenvalue weighted by atomic mass is 10.00. The van der Waals surface area contributed by atoms with Gasteiger partial charge in [-0.3, -0.25) is 0 Å². The molecule has 1 nitrogen and oxygen atoms in total. The molecule has 16 heavy (non-hydrogen) atoms. The second-order valence-corrected chi connectivity index (χ2v) is 4.84. The fourth-order valence-electron chi connectivity index (χ4n) is 1.86. The van der Waals surface area contributed by atoms with E-state index in [-0.39, 0.29) is 0 Å². The summed E-state index contributed by atoms with van der Waals surface area (Å²) in [6, 6.07) is 6.69. The van der Waals surface area contributed by atoms with Gasteiger partial charge in [0.05, 0.1) is 11.2 Å². The molecule has 0 bridgehead atoms. The molecule has 0 aliphatic carbocycles. The third-order valence-electron chi connectivity index (χ3n) is 2.87. The van der Waals surface area contributed by atoms with Gasteiger partial charge in [-0.2, -0.15) is 0 Å². The van der Waals surface area contributed by atoms with Crippen LogP contribution in [0.4, 0.5) is 0 Å². The molecule has 0 saturated heterocycles. The molecule has 0 atom stereocenters. The van der Waals surface area contributed by atoms with E-state index in [1.54, 1.807) is 11.3 Å². The minimum Gasteiger partial charge on any atom is -0.245 e. The standard InChI is InChI=1S/C14H17NS/c1-3-4-5-12-6-7-13(8-11(12)2)14-9-16-10-15-14/h6-10H,3-5H2,1-2H3. The van der Waals surface area contributed by atoms with E-state index in [1.165, 1.54) is 36.0 Å². The fraction of sp³-hybridized carbons (Fsp3) is 0.357. The van der Waals surface area contributed by atoms with Crippen molar-refractivity contribution in [2.75, 3.05) is 0 Å². The third-order valence-corrected chi connectivity index (χ3v) is 3.46. The SMILES string of the molecule is CCCCc1ccc(-c2cscn2)cc1C. The van der Waals surface area contributed by atoms with Crippen LogP contribution in [0.5, 0.6) is 0 Å². The third kappa shape index (κ3) is 2.50. The van der Waals surface area contributed by atoms with E-state index < -0.39 is 0 Å². The largest absolute Gasteiger partial charge is 0.245 e. The molecule has 0 saturated carbocycles. The Morgan fingerprint density at radius 2 is 2.19 bits per heavy atom. The molecule has 0 unspecified atom stereocenters. The number of aryl methyl sites for hydroxylation is 2. The number of unbranched alkanes of at least 4 members (excludes halogenated alkanes) is 1. The van der Waals surface area contributed by atoms with Crippen molar-refractivity contribution in [2.24, 2.45) is 0 Å². The summed E-state index contributed by atoms with van der Waals surface area (Å²) in [6.07, 6.45) is 3.73. The van der Waals surface area contributed by atoms with Crippen LogP contribution in [0, 0.1) is 6.92 Å². The van der Waals surface area contributed by atoms with Crippen LogP contribution in [0.3, 0.4) is 0 Å². The molecule has 0 fully saturated rings. The first kappa shape index (κ1) is 11.3. The van der Waals surface area contributed by atoms with Gasteiger partial charge in [-0.1, -0.05) is 25.5 Å². The van der Waals surface area contributed by atoms with Crippen molar-refractivity contribution in [1.82, 2.24) is 4.98 Å². The number of rotatable bonds is 4. The lowest BCUT2D eigenvalue weighted by Gasteiger charge is -2.06. The molecule has 2 aromatic rings. The Labute approximate surface area is 101 Å². The fourth-order valence-corrected chi connectivity index (χ4v) is 2.42. The predicted octanol–water partition coefficient (Wildman–Crippen LogP) is 4.46. The van der Waals surface area contributed by atoms with E-state index >= 15 is 0 Å². The zero-order valence-electron chi connectivity index (χ0n) is 9.86. The molecule has 1 heterocycles. The molecular formula is C14H17NS. The molecular weight excluding hydrogens is 214 g/mol. The van der Waals surface area contributed by atoms with E-state index in [0.717, 1.165) is 5.69 Å². The van der Waals surface area contributed by atoms with Gasteiger partial charge in [-0.05, 0) is 37.0 Å². The minimum absolute atomic E-state index is 1.09. The van der Waals surface area contributed by atoms with Crippen LogP contribution >= 0.6 is 11.3 Å². The maximum Gasteiger partial charge on any atom is 0.0811 e. The zero-order valence-corrected chi connectivity index (χ0v) is 10.7. The molecule has 2 heteroatoms. The van der Waals surface area contributed by atoms with Gasteiger partial charge in [-0.15, -0.1) is 11.3 Å². The van der Waals surface area contributed by atoms with Crippen molar-refractivity contribution in [1.29, 1.82) is 0 Å². The van der Waals surface area contributed by atoms with Crippen LogP contribution in [0.1, 0.15) is 30.9 Å². The van der Waals surface area contributed by atoms with Crippen LogP contribution in [-0.2, 0) is 6.42 Å². The number of nitrogens with zero attached hydrogens (tertiary/aromatic N) is 1. The van der Waals surface area contributed by atoms with E-state index in [1.807, 2.05) is 5.51 Å². The van der Waals surface area contributed by atoms with Crippen molar-refractivity contribution >= 4 is 11.3 Å². The number of hydrogen-bond acceptors (Lipinski definition) is 2. The molecule has 1 aromatic heterocycles. The van der Waals surface area contributed by atoms with Crippen molar-refractivity contribution in [3.05, 3.63) is 40.2 Å². The summed E-state index contributed by atoms with van der Waals surface area (Å²) < 4.78 is 0. The Kier molecular flexibility index (Phi) is 3.73. The monoisotopic (exact) mass is 231 g/mol. The smallest absolute Gasteiger partial charge is 0.0811 e. The minimum atomic E-state index is 1.09. The molecule has 0 aliphatic heterocycles. The first-order valence-electron chi connectivity index (χ1n) is 5.79. The summed E-state index contributed by atoms with van der Waals surface area (Å²) >= 11 is 1.65. The van der Waals surface area contributed by atoms with E-state index in [0.29, 0.717) is 0 Å². The lowest BCUT2D eigenvalue weighted by Crippen LogP contribution is -1.90. The molecule has 0 N–H and O–H groups in total. The molecule has 2 rings (SSSR count). The number of thiazole rings is 1. The zero-order chi connectivity index (χ0) is 11.4. The molecule has 0 radical (unpaired) electrons. The van der Waals surface area contributed by atoms with Gasteiger partial charge in [-0.25, -0.2) is 4.98 Å². The maximum atomic E-state index is 4.34. The van der Waals surface area contributed by atoms with Crippen LogP contribution in [0.25, 0.3) is 11.3 Å². The number of benzene rings is 1. The Balaban J connectivity index is 2.23. The molecule has 1 aromatic carbocycles. The average Bonchev–Trinajstić information content (AvgIpc) is 2.81. The lowest BCUT2D eigenvalue weighted by molar-refractivity contribution is 0.791. The van der Waals surface area contributed by atoms with Gasteiger partial charge < -0.3 is 0 Å². The molecule has 84 valence electrons. The summed E-state index contributed by atoms with van der Waals surface area (Å²) in [7, 11) is 0. The van der Waals surface area contributed by atoms with Gasteiger partial charge in [0, 0.05) is 10.9 Å². The first-order valence-corrected chi connectivity index (χ1v) is 6.73. The van der Waals surface area contributed by atoms with Crippen molar-refractivity contribution in [3.8, 4) is 11.3 Å². The van der Waals surface area contributed by atoms with Gasteiger partial charge in [0.15, 0.2) is 0 Å². The normalized spacial score (nSPS) is 10.6. The van der Waals surface area contributed by atoms with Crippen molar-refractivity contribution in [3.63, 3.8) is 0 Å². The van der Waals surface area contributed by atoms with Gasteiger partial charge in [0.1, 0.15) is 0 Å². The quantitative estimate of drug-likeness (QED) is 0.757. The topological polar surface area (TPSA) is 12.9 Å². The van der Waals surface area contributed by atoms with Gasteiger partial charge in [0.25, 0.3) is 0 Å². The average molecular weight is 231 g/mol. The highest BCUT2D eigenvalue weighted by atomic mass is 32.1. The summed E-state index contributed by atoms with van der Waals surface area (Å²) in [6.45, 7) is 4.43. The first-order chi connectivity index (χ1) is 7.81. The highest BCUT2D eigenvalue weighted by Crippen LogP contribution is 2.22. The molecule has 0 spiro atoms. The summed E-state index contributed by atoms with van der Waals surface area (Å²) in [5.74, 6) is 0. The van der Waals surface area contributed by atoms with Gasteiger partial charge >= 0.3 is 0 Å². The second-order valence-electron chi connectivity index (χ2n) is 4.12. The molecule has 0 aliphatic rings. The summed E-state index contributed by atoms with van der Waals surface area (Å²) in [4.78, 5) is 4.34. The summed E-state index contributed by atoms with van der Waals surface area (Å²) in [5, 5.41) is 2.10. The number of hydrogen-bond donors (Lipinski definition) is 0. The van der Waals surface area contributed by atoms with Crippen LogP contribution in [0.2, 0.25) is 0 Å². The predicted molar refractivity (Wildman–Crippen MR) is 70.9 cm³/mol. The van der Waals surface area contributed by atoms with E-state index in [4.69, 9.17) is 0 Å². The van der Waals surface area contributed by atoms with Crippen LogP contribution < -0.4 is 0 Å². The summed E-state index contributed by atoms with van der Waals surface area (Å²) in [5.41, 5.74) is 7.07. The Morgan fingerprint density at radius 1 is 1.31 bits per heavy atom. The van der Waals surface area contributed by atoms with Gasteiger partial charge in [0.2, 0.25) is 0 Å². The van der Waals surface area contributed by atoms with E-state index in [9.17, 15) is 0 Å².